The lowest BCUT2D eigenvalue weighted by Crippen LogP contribution is -2.46. The van der Waals surface area contributed by atoms with Crippen molar-refractivity contribution in [1.82, 2.24) is 29.0 Å². The summed E-state index contributed by atoms with van der Waals surface area (Å²) in [6.07, 6.45) is 8.95. The van der Waals surface area contributed by atoms with E-state index in [2.05, 4.69) is 45.1 Å². The van der Waals surface area contributed by atoms with Crippen LogP contribution in [0.25, 0.3) is 5.65 Å². The van der Waals surface area contributed by atoms with E-state index in [4.69, 9.17) is 14.9 Å². The molecule has 0 aliphatic carbocycles. The van der Waals surface area contributed by atoms with E-state index in [1.807, 2.05) is 39.9 Å². The number of carbonyl (C=O) groups excluding carboxylic acids is 1. The molecule has 1 fully saturated rings. The number of carbonyl (C=O) groups is 2. The van der Waals surface area contributed by atoms with Gasteiger partial charge in [-0.2, -0.15) is 0 Å². The van der Waals surface area contributed by atoms with Crippen molar-refractivity contribution in [1.29, 1.82) is 0 Å². The average molecular weight is 473 g/mol. The van der Waals surface area contributed by atoms with Gasteiger partial charge in [0, 0.05) is 43.9 Å². The first-order valence-electron chi connectivity index (χ1n) is 12.0. The summed E-state index contributed by atoms with van der Waals surface area (Å²) >= 11 is 0. The Morgan fingerprint density at radius 3 is 2.46 bits per heavy atom. The van der Waals surface area contributed by atoms with Crippen molar-refractivity contribution in [2.45, 2.75) is 44.1 Å². The number of carboxylic acid groups (broad SMARTS) is 1. The largest absolute Gasteiger partial charge is 0.483 e. The van der Waals surface area contributed by atoms with Crippen LogP contribution in [0.2, 0.25) is 0 Å². The van der Waals surface area contributed by atoms with Crippen molar-refractivity contribution >= 4 is 18.0 Å². The summed E-state index contributed by atoms with van der Waals surface area (Å²) in [5.41, 5.74) is 3.07. The summed E-state index contributed by atoms with van der Waals surface area (Å²) in [7, 11) is 0. The van der Waals surface area contributed by atoms with Gasteiger partial charge in [0.1, 0.15) is 11.5 Å². The number of benzene rings is 1. The van der Waals surface area contributed by atoms with Gasteiger partial charge in [-0.1, -0.05) is 36.4 Å². The van der Waals surface area contributed by atoms with Crippen LogP contribution >= 0.6 is 0 Å². The molecule has 2 aliphatic heterocycles. The van der Waals surface area contributed by atoms with Crippen molar-refractivity contribution in [3.8, 4) is 0 Å². The van der Waals surface area contributed by atoms with Gasteiger partial charge in [-0.05, 0) is 43.4 Å². The molecule has 0 radical (unpaired) electrons. The molecule has 1 amide bonds. The highest BCUT2D eigenvalue weighted by atomic mass is 16.3. The third-order valence-electron chi connectivity index (χ3n) is 7.14. The maximum absolute atomic E-state index is 13.3. The molecule has 0 spiro atoms. The second kappa shape index (κ2) is 9.69. The zero-order chi connectivity index (χ0) is 24.3. The number of aromatic nitrogens is 5. The Labute approximate surface area is 203 Å². The van der Waals surface area contributed by atoms with Crippen molar-refractivity contribution in [3.63, 3.8) is 0 Å². The molecule has 35 heavy (non-hydrogen) atoms. The fourth-order valence-corrected chi connectivity index (χ4v) is 5.31. The third-order valence-corrected chi connectivity index (χ3v) is 7.14. The van der Waals surface area contributed by atoms with Gasteiger partial charge in [-0.3, -0.25) is 9.59 Å². The molecule has 180 valence electrons. The zero-order valence-corrected chi connectivity index (χ0v) is 19.5. The van der Waals surface area contributed by atoms with E-state index in [1.54, 1.807) is 0 Å². The van der Waals surface area contributed by atoms with Gasteiger partial charge in [0.2, 0.25) is 5.82 Å². The van der Waals surface area contributed by atoms with Crippen LogP contribution in [-0.2, 0) is 23.2 Å². The Kier molecular flexibility index (Phi) is 6.31. The third kappa shape index (κ3) is 4.18. The summed E-state index contributed by atoms with van der Waals surface area (Å²) in [6.45, 7) is 1.93. The molecular weight excluding hydrogens is 444 g/mol. The highest BCUT2D eigenvalue weighted by molar-refractivity contribution is 5.91. The molecule has 1 aromatic carbocycles. The van der Waals surface area contributed by atoms with Crippen LogP contribution in [0.3, 0.4) is 0 Å². The summed E-state index contributed by atoms with van der Waals surface area (Å²) in [5, 5.41) is 15.4. The predicted octanol–water partition coefficient (Wildman–Crippen LogP) is 3.19. The van der Waals surface area contributed by atoms with Gasteiger partial charge in [0.15, 0.2) is 0 Å². The van der Waals surface area contributed by atoms with Crippen LogP contribution in [0.1, 0.15) is 53.4 Å². The molecule has 9 nitrogen and oxygen atoms in total. The number of hydrogen-bond donors (Lipinski definition) is 1. The number of fused-ring (bicyclic) bond motifs is 2. The minimum absolute atomic E-state index is 0.00214. The normalized spacial score (nSPS) is 16.7. The number of amides is 1. The first-order chi connectivity index (χ1) is 17.2. The van der Waals surface area contributed by atoms with E-state index in [0.29, 0.717) is 18.9 Å². The fraction of sp³-hybridized carbons (Fsp3) is 0.346. The number of hydrogen-bond acceptors (Lipinski definition) is 5. The topological polar surface area (TPSA) is 106 Å². The van der Waals surface area contributed by atoms with Crippen LogP contribution in [0.5, 0.6) is 0 Å². The summed E-state index contributed by atoms with van der Waals surface area (Å²) < 4.78 is 4.10. The van der Waals surface area contributed by atoms with E-state index >= 15 is 0 Å². The second-order valence-electron chi connectivity index (χ2n) is 8.99. The van der Waals surface area contributed by atoms with Gasteiger partial charge in [-0.15, -0.1) is 10.2 Å². The number of imidazole rings is 1. The number of nitrogens with zero attached hydrogens (tertiary/aromatic N) is 6. The number of pyridine rings is 1. The van der Waals surface area contributed by atoms with E-state index in [9.17, 15) is 4.79 Å². The van der Waals surface area contributed by atoms with Gasteiger partial charge in [0.25, 0.3) is 12.4 Å². The quantitative estimate of drug-likeness (QED) is 0.459. The molecular formula is C26H28N6O3. The molecule has 1 saturated heterocycles. The SMILES string of the molecule is O=C(c1nnc2n1CCCC2)N1CCC(c2ccccc2)(c2cn3ccccc3n2)CC1.O=CO. The Bertz CT molecular complexity index is 1290. The summed E-state index contributed by atoms with van der Waals surface area (Å²) in [4.78, 5) is 28.6. The lowest BCUT2D eigenvalue weighted by molar-refractivity contribution is -0.122. The molecule has 9 heteroatoms. The summed E-state index contributed by atoms with van der Waals surface area (Å²) in [5.74, 6) is 1.45. The first-order valence-corrected chi connectivity index (χ1v) is 12.0. The van der Waals surface area contributed by atoms with Crippen LogP contribution in [-0.4, -0.2) is 59.6 Å². The van der Waals surface area contributed by atoms with Gasteiger partial charge in [0.05, 0.1) is 5.69 Å². The minimum atomic E-state index is -0.250. The Hall–Kier alpha value is -4.01. The Morgan fingerprint density at radius 2 is 1.71 bits per heavy atom. The van der Waals surface area contributed by atoms with Crippen molar-refractivity contribution < 1.29 is 14.7 Å². The molecule has 0 saturated carbocycles. The van der Waals surface area contributed by atoms with Gasteiger partial charge < -0.3 is 19.0 Å². The maximum Gasteiger partial charge on any atom is 0.291 e. The predicted molar refractivity (Wildman–Crippen MR) is 129 cm³/mol. The monoisotopic (exact) mass is 472 g/mol. The second-order valence-corrected chi connectivity index (χ2v) is 8.99. The number of piperidine rings is 1. The lowest BCUT2D eigenvalue weighted by Gasteiger charge is -2.41. The molecule has 3 aromatic heterocycles. The van der Waals surface area contributed by atoms with Crippen LogP contribution in [0, 0.1) is 0 Å². The molecule has 5 heterocycles. The molecule has 6 rings (SSSR count). The highest BCUT2D eigenvalue weighted by Crippen LogP contribution is 2.41. The Morgan fingerprint density at radius 1 is 0.971 bits per heavy atom. The standard InChI is InChI=1S/C25H26N6O.CH2O2/c32-24(23-28-27-22-11-5-7-15-31(22)23)29-16-12-25(13-17-29,19-8-2-1-3-9-19)20-18-30-14-6-4-10-21(30)26-20;2-1-3/h1-4,6,8-10,14,18H,5,7,11-13,15-17H2;1H,(H,2,3). The minimum Gasteiger partial charge on any atom is -0.483 e. The van der Waals surface area contributed by atoms with Crippen molar-refractivity contribution in [2.75, 3.05) is 13.1 Å². The highest BCUT2D eigenvalue weighted by Gasteiger charge is 2.41. The Balaban J connectivity index is 0.000000806. The van der Waals surface area contributed by atoms with Crippen LogP contribution < -0.4 is 0 Å². The van der Waals surface area contributed by atoms with E-state index in [-0.39, 0.29) is 17.8 Å². The van der Waals surface area contributed by atoms with E-state index in [0.717, 1.165) is 55.8 Å². The van der Waals surface area contributed by atoms with E-state index in [1.165, 1.54) is 5.56 Å². The number of aryl methyl sites for hydroxylation is 1. The molecule has 4 aromatic rings. The van der Waals surface area contributed by atoms with Gasteiger partial charge >= 0.3 is 0 Å². The molecule has 2 aliphatic rings. The number of likely N-dealkylation sites (tertiary alicyclic amines) is 1. The molecule has 0 atom stereocenters. The average Bonchev–Trinajstić information content (AvgIpc) is 3.54. The lowest BCUT2D eigenvalue weighted by atomic mass is 9.70. The fourth-order valence-electron chi connectivity index (χ4n) is 5.31. The van der Waals surface area contributed by atoms with E-state index < -0.39 is 0 Å². The van der Waals surface area contributed by atoms with Crippen molar-refractivity contribution in [2.24, 2.45) is 0 Å². The number of rotatable bonds is 3. The molecule has 0 bridgehead atoms. The van der Waals surface area contributed by atoms with Crippen molar-refractivity contribution in [3.05, 3.63) is 83.8 Å². The van der Waals surface area contributed by atoms with Crippen LogP contribution in [0.4, 0.5) is 0 Å². The maximum atomic E-state index is 13.3. The van der Waals surface area contributed by atoms with Gasteiger partial charge in [-0.25, -0.2) is 4.98 Å². The zero-order valence-electron chi connectivity index (χ0n) is 19.5. The van der Waals surface area contributed by atoms with Crippen LogP contribution in [0.15, 0.2) is 60.9 Å². The smallest absolute Gasteiger partial charge is 0.291 e. The molecule has 1 N–H and O–H groups in total. The molecule has 0 unspecified atom stereocenters. The summed E-state index contributed by atoms with van der Waals surface area (Å²) in [6, 6.07) is 16.7. The first kappa shape index (κ1) is 22.8.